The van der Waals surface area contributed by atoms with Crippen LogP contribution >= 0.6 is 23.1 Å². The van der Waals surface area contributed by atoms with Crippen LogP contribution in [-0.4, -0.2) is 41.6 Å². The van der Waals surface area contributed by atoms with Crippen LogP contribution in [0.3, 0.4) is 0 Å². The molecule has 4 aromatic heterocycles. The number of hydrogen-bond acceptors (Lipinski definition) is 8. The molecule has 0 fully saturated rings. The Hall–Kier alpha value is -3.89. The number of carbonyl (C=O) groups is 1. The van der Waals surface area contributed by atoms with Gasteiger partial charge in [0.2, 0.25) is 5.13 Å². The largest absolute Gasteiger partial charge is 0.296 e. The summed E-state index contributed by atoms with van der Waals surface area (Å²) in [4.78, 5) is 22.3. The summed E-state index contributed by atoms with van der Waals surface area (Å²) in [5.74, 6) is 0.439. The number of amides is 1. The monoisotopic (exact) mass is 485 g/mol. The molecule has 1 aromatic carbocycles. The molecule has 5 aromatic rings. The lowest BCUT2D eigenvalue weighted by molar-refractivity contribution is 0.102. The van der Waals surface area contributed by atoms with Crippen LogP contribution in [0.1, 0.15) is 15.9 Å². The molecular weight excluding hydrogens is 466 g/mol. The molecule has 168 valence electrons. The van der Waals surface area contributed by atoms with Crippen LogP contribution in [0.25, 0.3) is 22.3 Å². The van der Waals surface area contributed by atoms with Gasteiger partial charge in [-0.3, -0.25) is 15.1 Å². The van der Waals surface area contributed by atoms with E-state index in [1.54, 1.807) is 35.4 Å². The SMILES string of the molecule is C=CCSc1nnc(NC(=O)c2cc(-c3ccccc3)nc3c2cnn3Cc2ccncc2)s1. The van der Waals surface area contributed by atoms with Gasteiger partial charge in [-0.2, -0.15) is 5.10 Å². The fraction of sp³-hybridized carbons (Fsp3) is 0.0833. The Bertz CT molecular complexity index is 1450. The van der Waals surface area contributed by atoms with Crippen molar-refractivity contribution in [2.45, 2.75) is 10.9 Å². The van der Waals surface area contributed by atoms with Gasteiger partial charge < -0.3 is 0 Å². The van der Waals surface area contributed by atoms with Gasteiger partial charge >= 0.3 is 0 Å². The molecule has 0 atom stereocenters. The van der Waals surface area contributed by atoms with Crippen molar-refractivity contribution in [3.8, 4) is 11.3 Å². The van der Waals surface area contributed by atoms with E-state index < -0.39 is 0 Å². The second kappa shape index (κ2) is 9.94. The third-order valence-corrected chi connectivity index (χ3v) is 6.92. The molecule has 0 aliphatic rings. The first-order valence-electron chi connectivity index (χ1n) is 10.4. The fourth-order valence-electron chi connectivity index (χ4n) is 3.38. The maximum Gasteiger partial charge on any atom is 0.258 e. The highest BCUT2D eigenvalue weighted by Crippen LogP contribution is 2.28. The van der Waals surface area contributed by atoms with Gasteiger partial charge in [-0.1, -0.05) is 59.5 Å². The summed E-state index contributed by atoms with van der Waals surface area (Å²) in [6.07, 6.45) is 6.96. The van der Waals surface area contributed by atoms with E-state index >= 15 is 0 Å². The van der Waals surface area contributed by atoms with E-state index in [-0.39, 0.29) is 5.91 Å². The Labute approximate surface area is 203 Å². The van der Waals surface area contributed by atoms with Gasteiger partial charge in [0.05, 0.1) is 29.4 Å². The summed E-state index contributed by atoms with van der Waals surface area (Å²) in [6.45, 7) is 4.22. The van der Waals surface area contributed by atoms with Crippen molar-refractivity contribution in [2.75, 3.05) is 11.1 Å². The van der Waals surface area contributed by atoms with Crippen LogP contribution in [0.15, 0.2) is 84.1 Å². The summed E-state index contributed by atoms with van der Waals surface area (Å²) in [6, 6.07) is 15.4. The maximum atomic E-state index is 13.3. The first-order valence-corrected chi connectivity index (χ1v) is 12.2. The highest BCUT2D eigenvalue weighted by Gasteiger charge is 2.19. The molecule has 0 bridgehead atoms. The average Bonchev–Trinajstić information content (AvgIpc) is 3.50. The molecule has 0 aliphatic carbocycles. The number of fused-ring (bicyclic) bond motifs is 1. The van der Waals surface area contributed by atoms with Crippen LogP contribution in [0.2, 0.25) is 0 Å². The van der Waals surface area contributed by atoms with Gasteiger partial charge in [-0.25, -0.2) is 9.67 Å². The predicted octanol–water partition coefficient (Wildman–Crippen LogP) is 4.92. The van der Waals surface area contributed by atoms with E-state index in [1.165, 1.54) is 23.1 Å². The van der Waals surface area contributed by atoms with E-state index in [4.69, 9.17) is 4.98 Å². The zero-order valence-electron chi connectivity index (χ0n) is 18.0. The van der Waals surface area contributed by atoms with Gasteiger partial charge in [0.25, 0.3) is 5.91 Å². The van der Waals surface area contributed by atoms with Crippen LogP contribution in [0, 0.1) is 0 Å². The average molecular weight is 486 g/mol. The molecule has 0 unspecified atom stereocenters. The number of anilines is 1. The molecule has 8 nitrogen and oxygen atoms in total. The number of nitrogens with one attached hydrogen (secondary N) is 1. The lowest BCUT2D eigenvalue weighted by Crippen LogP contribution is -2.13. The van der Waals surface area contributed by atoms with Crippen molar-refractivity contribution in [3.05, 3.63) is 90.9 Å². The Morgan fingerprint density at radius 2 is 1.97 bits per heavy atom. The number of benzene rings is 1. The van der Waals surface area contributed by atoms with E-state index in [0.29, 0.717) is 34.0 Å². The summed E-state index contributed by atoms with van der Waals surface area (Å²) in [7, 11) is 0. The van der Waals surface area contributed by atoms with Crippen molar-refractivity contribution in [3.63, 3.8) is 0 Å². The van der Waals surface area contributed by atoms with Crippen molar-refractivity contribution >= 4 is 45.2 Å². The second-order valence-corrected chi connectivity index (χ2v) is 9.49. The molecule has 10 heteroatoms. The fourth-order valence-corrected chi connectivity index (χ4v) is 4.89. The number of thioether (sulfide) groups is 1. The Balaban J connectivity index is 1.53. The van der Waals surface area contributed by atoms with E-state index in [0.717, 1.165) is 21.2 Å². The minimum Gasteiger partial charge on any atom is -0.296 e. The minimum atomic E-state index is -0.288. The molecule has 1 amide bonds. The molecule has 0 saturated heterocycles. The third kappa shape index (κ3) is 4.73. The van der Waals surface area contributed by atoms with Gasteiger partial charge in [-0.05, 0) is 23.8 Å². The number of rotatable bonds is 8. The zero-order valence-corrected chi connectivity index (χ0v) is 19.6. The number of hydrogen-bond donors (Lipinski definition) is 1. The van der Waals surface area contributed by atoms with Crippen LogP contribution in [-0.2, 0) is 6.54 Å². The molecule has 34 heavy (non-hydrogen) atoms. The quantitative estimate of drug-likeness (QED) is 0.189. The zero-order chi connectivity index (χ0) is 23.3. The van der Waals surface area contributed by atoms with Gasteiger partial charge in [-0.15, -0.1) is 16.8 Å². The van der Waals surface area contributed by atoms with E-state index in [1.807, 2.05) is 42.5 Å². The number of pyridine rings is 2. The van der Waals surface area contributed by atoms with Gasteiger partial charge in [0, 0.05) is 23.7 Å². The van der Waals surface area contributed by atoms with Crippen molar-refractivity contribution < 1.29 is 4.79 Å². The molecular formula is C24H19N7OS2. The Kier molecular flexibility index (Phi) is 6.41. The van der Waals surface area contributed by atoms with Crippen molar-refractivity contribution in [2.24, 2.45) is 0 Å². The topological polar surface area (TPSA) is 98.5 Å². The summed E-state index contributed by atoms with van der Waals surface area (Å²) < 4.78 is 2.56. The molecule has 1 N–H and O–H groups in total. The lowest BCUT2D eigenvalue weighted by Gasteiger charge is -2.09. The van der Waals surface area contributed by atoms with E-state index in [2.05, 4.69) is 32.2 Å². The van der Waals surface area contributed by atoms with Crippen LogP contribution in [0.5, 0.6) is 0 Å². The molecule has 0 radical (unpaired) electrons. The normalized spacial score (nSPS) is 10.9. The standard InChI is InChI=1S/C24H19N7OS2/c1-2-12-33-24-30-29-23(34-24)28-22(32)18-13-20(17-6-4-3-5-7-17)27-21-19(18)14-26-31(21)15-16-8-10-25-11-9-16/h2-11,13-14H,1,12,15H2,(H,28,29,32). The Morgan fingerprint density at radius 3 is 2.76 bits per heavy atom. The van der Waals surface area contributed by atoms with Gasteiger partial charge in [0.1, 0.15) is 0 Å². The van der Waals surface area contributed by atoms with Crippen LogP contribution < -0.4 is 5.32 Å². The predicted molar refractivity (Wildman–Crippen MR) is 135 cm³/mol. The maximum absolute atomic E-state index is 13.3. The number of aromatic nitrogens is 6. The molecule has 5 rings (SSSR count). The molecule has 0 aliphatic heterocycles. The molecule has 4 heterocycles. The van der Waals surface area contributed by atoms with E-state index in [9.17, 15) is 4.79 Å². The minimum absolute atomic E-state index is 0.288. The molecule has 0 saturated carbocycles. The highest BCUT2D eigenvalue weighted by molar-refractivity contribution is 8.01. The second-order valence-electron chi connectivity index (χ2n) is 7.24. The van der Waals surface area contributed by atoms with Crippen molar-refractivity contribution in [1.82, 2.24) is 29.9 Å². The smallest absolute Gasteiger partial charge is 0.258 e. The summed E-state index contributed by atoms with van der Waals surface area (Å²) >= 11 is 2.85. The molecule has 0 spiro atoms. The first-order chi connectivity index (χ1) is 16.7. The number of nitrogens with zero attached hydrogens (tertiary/aromatic N) is 6. The van der Waals surface area contributed by atoms with Gasteiger partial charge in [0.15, 0.2) is 9.99 Å². The first kappa shape index (κ1) is 21.9. The lowest BCUT2D eigenvalue weighted by atomic mass is 10.1. The van der Waals surface area contributed by atoms with Crippen LogP contribution in [0.4, 0.5) is 5.13 Å². The number of carbonyl (C=O) groups excluding carboxylic acids is 1. The summed E-state index contributed by atoms with van der Waals surface area (Å²) in [5.41, 5.74) is 3.74. The summed E-state index contributed by atoms with van der Waals surface area (Å²) in [5, 5.41) is 16.7. The third-order valence-electron chi connectivity index (χ3n) is 4.96. The van der Waals surface area contributed by atoms with Crippen molar-refractivity contribution in [1.29, 1.82) is 0 Å². The highest BCUT2D eigenvalue weighted by atomic mass is 32.2. The Morgan fingerprint density at radius 1 is 1.15 bits per heavy atom.